The molecule has 0 aliphatic heterocycles. The van der Waals surface area contributed by atoms with E-state index in [1.165, 1.54) is 48.5 Å². The SMILES string of the molecule is O=C(O)C(Cc1ccccc1OCC(F)(F)F)Oc1cc(F)cc2oc(-c3ccc(F)cc3)c(Br)c12. The topological polar surface area (TPSA) is 68.9 Å². The Labute approximate surface area is 209 Å². The van der Waals surface area contributed by atoms with Crippen LogP contribution < -0.4 is 9.47 Å². The van der Waals surface area contributed by atoms with Gasteiger partial charge < -0.3 is 19.0 Å². The average molecular weight is 571 g/mol. The Balaban J connectivity index is 1.68. The number of aliphatic carboxylic acids is 1. The van der Waals surface area contributed by atoms with Crippen molar-refractivity contribution in [2.75, 3.05) is 6.61 Å². The van der Waals surface area contributed by atoms with Gasteiger partial charge in [0.15, 0.2) is 12.7 Å². The van der Waals surface area contributed by atoms with Crippen molar-refractivity contribution in [1.29, 1.82) is 0 Å². The molecule has 0 fully saturated rings. The molecule has 0 amide bonds. The van der Waals surface area contributed by atoms with Gasteiger partial charge in [-0.05, 0) is 51.8 Å². The zero-order valence-electron chi connectivity index (χ0n) is 18.1. The van der Waals surface area contributed by atoms with Crippen molar-refractivity contribution in [1.82, 2.24) is 0 Å². The van der Waals surface area contributed by atoms with Crippen LogP contribution in [0.15, 0.2) is 69.6 Å². The Bertz CT molecular complexity index is 1400. The minimum atomic E-state index is -4.58. The van der Waals surface area contributed by atoms with Gasteiger partial charge in [-0.15, -0.1) is 0 Å². The highest BCUT2D eigenvalue weighted by atomic mass is 79.9. The molecule has 0 aliphatic carbocycles. The van der Waals surface area contributed by atoms with Crippen molar-refractivity contribution in [2.24, 2.45) is 0 Å². The zero-order valence-corrected chi connectivity index (χ0v) is 19.7. The van der Waals surface area contributed by atoms with E-state index in [1.807, 2.05) is 0 Å². The van der Waals surface area contributed by atoms with Crippen LogP contribution in [0.1, 0.15) is 5.56 Å². The molecular weight excluding hydrogens is 555 g/mol. The molecule has 0 saturated heterocycles. The molecule has 1 N–H and O–H groups in total. The molecule has 0 bridgehead atoms. The molecule has 0 saturated carbocycles. The number of carboxylic acids is 1. The highest BCUT2D eigenvalue weighted by Gasteiger charge is 2.30. The second-order valence-electron chi connectivity index (χ2n) is 7.69. The highest BCUT2D eigenvalue weighted by Crippen LogP contribution is 2.43. The van der Waals surface area contributed by atoms with Crippen LogP contribution in [0.25, 0.3) is 22.3 Å². The summed E-state index contributed by atoms with van der Waals surface area (Å²) in [6, 6.07) is 13.0. The number of carbonyl (C=O) groups is 1. The lowest BCUT2D eigenvalue weighted by atomic mass is 10.1. The van der Waals surface area contributed by atoms with E-state index in [9.17, 15) is 31.9 Å². The van der Waals surface area contributed by atoms with Gasteiger partial charge in [-0.2, -0.15) is 13.2 Å². The van der Waals surface area contributed by atoms with Crippen LogP contribution in [0, 0.1) is 11.6 Å². The molecule has 5 nitrogen and oxygen atoms in total. The average Bonchev–Trinajstić information content (AvgIpc) is 3.14. The van der Waals surface area contributed by atoms with Gasteiger partial charge in [0, 0.05) is 24.1 Å². The highest BCUT2D eigenvalue weighted by molar-refractivity contribution is 9.10. The molecule has 1 aromatic heterocycles. The molecule has 1 unspecified atom stereocenters. The summed E-state index contributed by atoms with van der Waals surface area (Å²) in [4.78, 5) is 12.0. The van der Waals surface area contributed by atoms with E-state index in [-0.39, 0.29) is 40.2 Å². The number of halogens is 6. The van der Waals surface area contributed by atoms with Gasteiger partial charge >= 0.3 is 12.1 Å². The van der Waals surface area contributed by atoms with Gasteiger partial charge in [-0.1, -0.05) is 18.2 Å². The summed E-state index contributed by atoms with van der Waals surface area (Å²) >= 11 is 3.36. The molecule has 1 atom stereocenters. The Morgan fingerprint density at radius 2 is 1.69 bits per heavy atom. The number of benzene rings is 3. The van der Waals surface area contributed by atoms with Crippen molar-refractivity contribution in [2.45, 2.75) is 18.7 Å². The first-order valence-corrected chi connectivity index (χ1v) is 11.2. The van der Waals surface area contributed by atoms with Gasteiger partial charge in [0.25, 0.3) is 0 Å². The fourth-order valence-corrected chi connectivity index (χ4v) is 4.21. The number of alkyl halides is 3. The third-order valence-electron chi connectivity index (χ3n) is 5.08. The second-order valence-corrected chi connectivity index (χ2v) is 8.48. The summed E-state index contributed by atoms with van der Waals surface area (Å²) in [5, 5.41) is 9.98. The van der Waals surface area contributed by atoms with Crippen LogP contribution >= 0.6 is 15.9 Å². The van der Waals surface area contributed by atoms with Gasteiger partial charge in [0.2, 0.25) is 0 Å². The van der Waals surface area contributed by atoms with Crippen LogP contribution in [0.3, 0.4) is 0 Å². The van der Waals surface area contributed by atoms with Gasteiger partial charge in [0.1, 0.15) is 34.5 Å². The number of carboxylic acid groups (broad SMARTS) is 1. The Morgan fingerprint density at radius 1 is 1.00 bits per heavy atom. The maximum atomic E-state index is 14.4. The Morgan fingerprint density at radius 3 is 2.36 bits per heavy atom. The fraction of sp³-hybridized carbons (Fsp3) is 0.160. The molecule has 1 heterocycles. The molecule has 4 rings (SSSR count). The van der Waals surface area contributed by atoms with Crippen molar-refractivity contribution in [3.8, 4) is 22.8 Å². The summed E-state index contributed by atoms with van der Waals surface area (Å²) in [6.45, 7) is -1.55. The van der Waals surface area contributed by atoms with E-state index in [0.29, 0.717) is 10.0 Å². The fourth-order valence-electron chi connectivity index (χ4n) is 3.51. The summed E-state index contributed by atoms with van der Waals surface area (Å²) in [7, 11) is 0. The quantitative estimate of drug-likeness (QED) is 0.228. The number of hydrogen-bond donors (Lipinski definition) is 1. The van der Waals surface area contributed by atoms with Crippen LogP contribution in [-0.4, -0.2) is 30.0 Å². The molecule has 0 aliphatic rings. The summed E-state index contributed by atoms with van der Waals surface area (Å²) in [5.74, 6) is -2.77. The van der Waals surface area contributed by atoms with E-state index < -0.39 is 36.5 Å². The smallest absolute Gasteiger partial charge is 0.422 e. The van der Waals surface area contributed by atoms with Crippen molar-refractivity contribution < 1.29 is 45.7 Å². The first-order valence-electron chi connectivity index (χ1n) is 10.4. The van der Waals surface area contributed by atoms with Gasteiger partial charge in [0.05, 0.1) is 9.86 Å². The van der Waals surface area contributed by atoms with E-state index in [0.717, 1.165) is 12.1 Å². The lowest BCUT2D eigenvalue weighted by Gasteiger charge is -2.18. The normalized spacial score (nSPS) is 12.5. The summed E-state index contributed by atoms with van der Waals surface area (Å²) in [5.41, 5.74) is 0.658. The van der Waals surface area contributed by atoms with Crippen molar-refractivity contribution >= 4 is 32.9 Å². The van der Waals surface area contributed by atoms with Gasteiger partial charge in [-0.3, -0.25) is 0 Å². The lowest BCUT2D eigenvalue weighted by Crippen LogP contribution is -2.30. The number of fused-ring (bicyclic) bond motifs is 1. The monoisotopic (exact) mass is 570 g/mol. The summed E-state index contributed by atoms with van der Waals surface area (Å²) in [6.07, 6.45) is -6.57. The zero-order chi connectivity index (χ0) is 26.0. The number of furan rings is 1. The first-order chi connectivity index (χ1) is 17.0. The molecule has 4 aromatic rings. The first kappa shape index (κ1) is 25.5. The number of para-hydroxylation sites is 1. The lowest BCUT2D eigenvalue weighted by molar-refractivity contribution is -0.153. The Kier molecular flexibility index (Phi) is 7.21. The van der Waals surface area contributed by atoms with E-state index >= 15 is 0 Å². The van der Waals surface area contributed by atoms with E-state index in [1.54, 1.807) is 0 Å². The molecule has 188 valence electrons. The number of ether oxygens (including phenoxy) is 2. The van der Waals surface area contributed by atoms with Crippen molar-refractivity contribution in [3.05, 3.63) is 82.3 Å². The second kappa shape index (κ2) is 10.2. The van der Waals surface area contributed by atoms with E-state index in [4.69, 9.17) is 13.9 Å². The van der Waals surface area contributed by atoms with Crippen LogP contribution in [0.2, 0.25) is 0 Å². The molecule has 36 heavy (non-hydrogen) atoms. The van der Waals surface area contributed by atoms with Crippen LogP contribution in [-0.2, 0) is 11.2 Å². The number of hydrogen-bond acceptors (Lipinski definition) is 4. The third-order valence-corrected chi connectivity index (χ3v) is 5.84. The van der Waals surface area contributed by atoms with Crippen LogP contribution in [0.5, 0.6) is 11.5 Å². The molecular formula is C25H16BrF5O5. The van der Waals surface area contributed by atoms with Gasteiger partial charge in [-0.25, -0.2) is 13.6 Å². The number of rotatable bonds is 8. The third kappa shape index (κ3) is 5.78. The predicted octanol–water partition coefficient (Wildman–Crippen LogP) is 7.16. The molecule has 11 heteroatoms. The maximum absolute atomic E-state index is 14.4. The van der Waals surface area contributed by atoms with Crippen LogP contribution in [0.4, 0.5) is 22.0 Å². The maximum Gasteiger partial charge on any atom is 0.422 e. The standard InChI is InChI=1S/C25H16BrF5O5/c26-22-21-18(10-16(28)11-19(21)36-23(22)13-5-7-15(27)8-6-13)35-20(24(32)33)9-14-3-1-2-4-17(14)34-12-25(29,30)31/h1-8,10-11,20H,9,12H2,(H,32,33). The minimum absolute atomic E-state index is 0.0363. The molecule has 3 aromatic carbocycles. The molecule has 0 radical (unpaired) electrons. The predicted molar refractivity (Wildman–Crippen MR) is 123 cm³/mol. The minimum Gasteiger partial charge on any atom is -0.484 e. The largest absolute Gasteiger partial charge is 0.484 e. The Hall–Kier alpha value is -3.60. The summed E-state index contributed by atoms with van der Waals surface area (Å²) < 4.78 is 82.0. The van der Waals surface area contributed by atoms with Crippen molar-refractivity contribution in [3.63, 3.8) is 0 Å². The molecule has 0 spiro atoms. The van der Waals surface area contributed by atoms with E-state index in [2.05, 4.69) is 15.9 Å².